The maximum Gasteiger partial charge on any atom is 0.331 e. The molecule has 0 aromatic carbocycles. The molecule has 7 heteroatoms. The molecule has 0 bridgehead atoms. The number of aryl methyl sites for hydroxylation is 1. The van der Waals surface area contributed by atoms with Crippen LogP contribution in [0.25, 0.3) is 0 Å². The standard InChI is InChI=1S/C11H18N4O3/c1-7(4-12)3-9(16)14-10(11(17)18)8-5-13-15(2)6-8/h5-7,10H,3-4,12H2,1-2H3,(H,14,16)(H,17,18). The normalized spacial score (nSPS) is 13.9. The third-order valence-electron chi connectivity index (χ3n) is 2.55. The maximum absolute atomic E-state index is 11.7. The van der Waals surface area contributed by atoms with Crippen LogP contribution in [0.15, 0.2) is 12.4 Å². The van der Waals surface area contributed by atoms with Gasteiger partial charge in [-0.25, -0.2) is 4.79 Å². The molecule has 0 saturated carbocycles. The number of aliphatic carboxylic acids is 1. The lowest BCUT2D eigenvalue weighted by Crippen LogP contribution is -2.35. The van der Waals surface area contributed by atoms with Gasteiger partial charge in [0.15, 0.2) is 6.04 Å². The number of nitrogens with one attached hydrogen (secondary N) is 1. The van der Waals surface area contributed by atoms with E-state index in [2.05, 4.69) is 10.4 Å². The first-order valence-corrected chi connectivity index (χ1v) is 5.64. The molecule has 0 spiro atoms. The highest BCUT2D eigenvalue weighted by Crippen LogP contribution is 2.12. The van der Waals surface area contributed by atoms with E-state index >= 15 is 0 Å². The topological polar surface area (TPSA) is 110 Å². The minimum atomic E-state index is -1.11. The van der Waals surface area contributed by atoms with Crippen molar-refractivity contribution in [2.24, 2.45) is 18.7 Å². The minimum absolute atomic E-state index is 0.0216. The summed E-state index contributed by atoms with van der Waals surface area (Å²) in [5, 5.41) is 15.4. The van der Waals surface area contributed by atoms with Crippen molar-refractivity contribution in [2.45, 2.75) is 19.4 Å². The molecule has 0 radical (unpaired) electrons. The van der Waals surface area contributed by atoms with E-state index in [0.29, 0.717) is 12.1 Å². The van der Waals surface area contributed by atoms with Gasteiger partial charge in [-0.3, -0.25) is 9.48 Å². The van der Waals surface area contributed by atoms with Crippen LogP contribution in [0.5, 0.6) is 0 Å². The molecule has 0 fully saturated rings. The number of rotatable bonds is 6. The van der Waals surface area contributed by atoms with Crippen LogP contribution in [0.1, 0.15) is 24.9 Å². The fraction of sp³-hybridized carbons (Fsp3) is 0.545. The van der Waals surface area contributed by atoms with Crippen molar-refractivity contribution >= 4 is 11.9 Å². The fourth-order valence-electron chi connectivity index (χ4n) is 1.50. The summed E-state index contributed by atoms with van der Waals surface area (Å²) in [6, 6.07) is -1.07. The van der Waals surface area contributed by atoms with Crippen molar-refractivity contribution < 1.29 is 14.7 Å². The molecular formula is C11H18N4O3. The van der Waals surface area contributed by atoms with E-state index in [1.165, 1.54) is 10.9 Å². The molecule has 0 saturated heterocycles. The van der Waals surface area contributed by atoms with Crippen molar-refractivity contribution in [3.8, 4) is 0 Å². The van der Waals surface area contributed by atoms with Gasteiger partial charge >= 0.3 is 5.97 Å². The molecule has 1 heterocycles. The molecule has 100 valence electrons. The zero-order chi connectivity index (χ0) is 13.7. The number of nitrogens with two attached hydrogens (primary N) is 1. The molecule has 18 heavy (non-hydrogen) atoms. The van der Waals surface area contributed by atoms with Crippen molar-refractivity contribution in [3.63, 3.8) is 0 Å². The Morgan fingerprint density at radius 1 is 1.61 bits per heavy atom. The fourth-order valence-corrected chi connectivity index (χ4v) is 1.50. The van der Waals surface area contributed by atoms with Crippen LogP contribution in [0.3, 0.4) is 0 Å². The van der Waals surface area contributed by atoms with Crippen LogP contribution < -0.4 is 11.1 Å². The molecule has 0 aliphatic rings. The van der Waals surface area contributed by atoms with E-state index in [4.69, 9.17) is 10.8 Å². The molecule has 1 amide bonds. The lowest BCUT2D eigenvalue weighted by atomic mass is 10.1. The molecule has 2 unspecified atom stereocenters. The monoisotopic (exact) mass is 254 g/mol. The highest BCUT2D eigenvalue weighted by atomic mass is 16.4. The number of nitrogens with zero attached hydrogens (tertiary/aromatic N) is 2. The summed E-state index contributed by atoms with van der Waals surface area (Å²) in [4.78, 5) is 22.8. The summed E-state index contributed by atoms with van der Waals surface area (Å²) < 4.78 is 1.49. The van der Waals surface area contributed by atoms with Crippen LogP contribution >= 0.6 is 0 Å². The van der Waals surface area contributed by atoms with Crippen molar-refractivity contribution in [2.75, 3.05) is 6.54 Å². The Hall–Kier alpha value is -1.89. The van der Waals surface area contributed by atoms with Crippen molar-refractivity contribution in [1.29, 1.82) is 0 Å². The number of carboxylic acids is 1. The van der Waals surface area contributed by atoms with E-state index in [1.807, 2.05) is 6.92 Å². The number of aromatic nitrogens is 2. The van der Waals surface area contributed by atoms with Crippen LogP contribution in [0.4, 0.5) is 0 Å². The zero-order valence-electron chi connectivity index (χ0n) is 10.5. The van der Waals surface area contributed by atoms with Gasteiger partial charge in [0.05, 0.1) is 6.20 Å². The second-order valence-electron chi connectivity index (χ2n) is 4.33. The molecule has 0 aliphatic carbocycles. The highest BCUT2D eigenvalue weighted by Gasteiger charge is 2.23. The average molecular weight is 254 g/mol. The van der Waals surface area contributed by atoms with Gasteiger partial charge in [-0.2, -0.15) is 5.10 Å². The van der Waals surface area contributed by atoms with Gasteiger partial charge in [0.25, 0.3) is 0 Å². The second-order valence-corrected chi connectivity index (χ2v) is 4.33. The Balaban J connectivity index is 2.70. The lowest BCUT2D eigenvalue weighted by Gasteiger charge is -2.14. The van der Waals surface area contributed by atoms with Crippen molar-refractivity contribution in [1.82, 2.24) is 15.1 Å². The minimum Gasteiger partial charge on any atom is -0.479 e. The van der Waals surface area contributed by atoms with Gasteiger partial charge in [-0.1, -0.05) is 6.92 Å². The molecular weight excluding hydrogens is 236 g/mol. The predicted octanol–water partition coefficient (Wildman–Crippen LogP) is -0.353. The van der Waals surface area contributed by atoms with Gasteiger partial charge in [0.1, 0.15) is 0 Å². The Morgan fingerprint density at radius 3 is 2.72 bits per heavy atom. The Kier molecular flexibility index (Phi) is 4.85. The summed E-state index contributed by atoms with van der Waals surface area (Å²) in [6.45, 7) is 2.22. The Morgan fingerprint density at radius 2 is 2.28 bits per heavy atom. The number of carbonyl (C=O) groups is 2. The number of hydrogen-bond acceptors (Lipinski definition) is 4. The zero-order valence-corrected chi connectivity index (χ0v) is 10.5. The Labute approximate surface area is 105 Å². The van der Waals surface area contributed by atoms with Crippen LogP contribution in [-0.2, 0) is 16.6 Å². The number of hydrogen-bond donors (Lipinski definition) is 3. The van der Waals surface area contributed by atoms with Gasteiger partial charge in [-0.05, 0) is 12.5 Å². The van der Waals surface area contributed by atoms with E-state index in [0.717, 1.165) is 0 Å². The average Bonchev–Trinajstić information content (AvgIpc) is 2.71. The molecule has 1 aromatic heterocycles. The second kappa shape index (κ2) is 6.15. The van der Waals surface area contributed by atoms with Crippen LogP contribution in [0, 0.1) is 5.92 Å². The SMILES string of the molecule is CC(CN)CC(=O)NC(C(=O)O)c1cnn(C)c1. The van der Waals surface area contributed by atoms with E-state index in [-0.39, 0.29) is 18.2 Å². The third-order valence-corrected chi connectivity index (χ3v) is 2.55. The van der Waals surface area contributed by atoms with Gasteiger partial charge in [0.2, 0.25) is 5.91 Å². The third kappa shape index (κ3) is 3.85. The lowest BCUT2D eigenvalue weighted by molar-refractivity contribution is -0.142. The largest absolute Gasteiger partial charge is 0.479 e. The smallest absolute Gasteiger partial charge is 0.331 e. The van der Waals surface area contributed by atoms with Gasteiger partial charge in [0, 0.05) is 25.2 Å². The first-order valence-electron chi connectivity index (χ1n) is 5.64. The highest BCUT2D eigenvalue weighted by molar-refractivity contribution is 5.84. The van der Waals surface area contributed by atoms with Crippen LogP contribution in [0.2, 0.25) is 0 Å². The number of amides is 1. The first-order chi connectivity index (χ1) is 8.43. The number of carbonyl (C=O) groups excluding carboxylic acids is 1. The van der Waals surface area contributed by atoms with E-state index < -0.39 is 12.0 Å². The molecule has 1 aromatic rings. The van der Waals surface area contributed by atoms with E-state index in [1.54, 1.807) is 13.2 Å². The van der Waals surface area contributed by atoms with E-state index in [9.17, 15) is 9.59 Å². The first kappa shape index (κ1) is 14.2. The summed E-state index contributed by atoms with van der Waals surface area (Å²) in [6.07, 6.45) is 3.19. The summed E-state index contributed by atoms with van der Waals surface area (Å²) in [5.41, 5.74) is 5.86. The number of carboxylic acid groups (broad SMARTS) is 1. The molecule has 1 rings (SSSR count). The molecule has 4 N–H and O–H groups in total. The summed E-state index contributed by atoms with van der Waals surface area (Å²) in [5.74, 6) is -1.42. The van der Waals surface area contributed by atoms with Crippen LogP contribution in [-0.4, -0.2) is 33.3 Å². The van der Waals surface area contributed by atoms with Gasteiger partial charge < -0.3 is 16.2 Å². The maximum atomic E-state index is 11.7. The summed E-state index contributed by atoms with van der Waals surface area (Å²) >= 11 is 0. The van der Waals surface area contributed by atoms with Gasteiger partial charge in [-0.15, -0.1) is 0 Å². The summed E-state index contributed by atoms with van der Waals surface area (Å²) in [7, 11) is 1.68. The quantitative estimate of drug-likeness (QED) is 0.642. The van der Waals surface area contributed by atoms with Crippen molar-refractivity contribution in [3.05, 3.63) is 18.0 Å². The Bertz CT molecular complexity index is 430. The molecule has 7 nitrogen and oxygen atoms in total. The molecule has 0 aliphatic heterocycles. The molecule has 2 atom stereocenters. The predicted molar refractivity (Wildman–Crippen MR) is 64.6 cm³/mol.